The zero-order chi connectivity index (χ0) is 11.5. The number of aromatic nitrogens is 1. The third-order valence-electron chi connectivity index (χ3n) is 1.56. The van der Waals surface area contributed by atoms with Crippen LogP contribution in [0.1, 0.15) is 5.56 Å². The number of rotatable bonds is 4. The highest BCUT2D eigenvalue weighted by Gasteiger charge is 2.07. The Kier molecular flexibility index (Phi) is 4.89. The second-order valence-electron chi connectivity index (χ2n) is 2.87. The first-order valence-electron chi connectivity index (χ1n) is 4.06. The Balaban J connectivity index is 2.59. The average molecular weight is 331 g/mol. The fraction of sp³-hybridized carbons (Fsp3) is 0.375. The van der Waals surface area contributed by atoms with E-state index in [1.165, 1.54) is 11.8 Å². The lowest BCUT2D eigenvalue weighted by atomic mass is 10.3. The highest BCUT2D eigenvalue weighted by Crippen LogP contribution is 2.22. The maximum Gasteiger partial charge on any atom is 0.233 e. The first kappa shape index (κ1) is 13.3. The molecular formula is C8H9BrClNO2S2. The van der Waals surface area contributed by atoms with Gasteiger partial charge in [0.25, 0.3) is 0 Å². The van der Waals surface area contributed by atoms with Crippen LogP contribution in [0, 0.1) is 6.92 Å². The molecule has 0 aliphatic carbocycles. The lowest BCUT2D eigenvalue weighted by Crippen LogP contribution is -2.00. The molecule has 7 heteroatoms. The van der Waals surface area contributed by atoms with Gasteiger partial charge in [0, 0.05) is 27.1 Å². The smallest absolute Gasteiger partial charge is 0.233 e. The standard InChI is InChI=1S/C8H9BrClNO2S2/c1-6-4-7(9)5-11-8(6)14-2-3-15(10,12)13/h4-5H,2-3H2,1H3. The van der Waals surface area contributed by atoms with Crippen LogP contribution in [0.15, 0.2) is 21.8 Å². The molecule has 1 heterocycles. The molecule has 0 saturated carbocycles. The third kappa shape index (κ3) is 5.19. The molecule has 0 radical (unpaired) electrons. The van der Waals surface area contributed by atoms with Crippen molar-refractivity contribution in [1.82, 2.24) is 4.98 Å². The molecule has 0 spiro atoms. The van der Waals surface area contributed by atoms with Crippen LogP contribution in [0.4, 0.5) is 0 Å². The SMILES string of the molecule is Cc1cc(Br)cnc1SCCS(=O)(=O)Cl. The van der Waals surface area contributed by atoms with E-state index < -0.39 is 9.05 Å². The first-order chi connectivity index (χ1) is 6.88. The minimum atomic E-state index is -3.40. The Labute approximate surface area is 106 Å². The van der Waals surface area contributed by atoms with Gasteiger partial charge in [-0.1, -0.05) is 0 Å². The van der Waals surface area contributed by atoms with E-state index in [2.05, 4.69) is 20.9 Å². The second kappa shape index (κ2) is 5.52. The van der Waals surface area contributed by atoms with Crippen molar-refractivity contribution < 1.29 is 8.42 Å². The molecule has 1 rings (SSSR count). The third-order valence-corrected chi connectivity index (χ3v) is 4.52. The van der Waals surface area contributed by atoms with Crippen LogP contribution < -0.4 is 0 Å². The molecule has 0 aliphatic rings. The van der Waals surface area contributed by atoms with Gasteiger partial charge in [-0.25, -0.2) is 13.4 Å². The van der Waals surface area contributed by atoms with Gasteiger partial charge in [0.2, 0.25) is 9.05 Å². The van der Waals surface area contributed by atoms with Gasteiger partial charge >= 0.3 is 0 Å². The van der Waals surface area contributed by atoms with E-state index in [1.807, 2.05) is 13.0 Å². The van der Waals surface area contributed by atoms with Gasteiger partial charge in [-0.05, 0) is 34.5 Å². The normalized spacial score (nSPS) is 11.7. The van der Waals surface area contributed by atoms with Crippen LogP contribution in [-0.4, -0.2) is 24.9 Å². The monoisotopic (exact) mass is 329 g/mol. The van der Waals surface area contributed by atoms with Crippen LogP contribution in [0.25, 0.3) is 0 Å². The lowest BCUT2D eigenvalue weighted by Gasteiger charge is -2.03. The first-order valence-corrected chi connectivity index (χ1v) is 8.31. The van der Waals surface area contributed by atoms with Crippen molar-refractivity contribution >= 4 is 47.4 Å². The minimum Gasteiger partial charge on any atom is -0.248 e. The molecule has 0 amide bonds. The number of hydrogen-bond donors (Lipinski definition) is 0. The molecule has 0 aliphatic heterocycles. The summed E-state index contributed by atoms with van der Waals surface area (Å²) < 4.78 is 22.3. The van der Waals surface area contributed by atoms with E-state index >= 15 is 0 Å². The summed E-state index contributed by atoms with van der Waals surface area (Å²) in [5, 5.41) is 0.832. The zero-order valence-electron chi connectivity index (χ0n) is 7.91. The molecule has 84 valence electrons. The van der Waals surface area contributed by atoms with Gasteiger partial charge in [-0.2, -0.15) is 0 Å². The summed E-state index contributed by atoms with van der Waals surface area (Å²) in [4.78, 5) is 4.18. The summed E-state index contributed by atoms with van der Waals surface area (Å²) in [6.07, 6.45) is 1.69. The van der Waals surface area contributed by atoms with Gasteiger partial charge < -0.3 is 0 Å². The van der Waals surface area contributed by atoms with E-state index in [4.69, 9.17) is 10.7 Å². The van der Waals surface area contributed by atoms with Crippen molar-refractivity contribution in [3.8, 4) is 0 Å². The number of nitrogens with zero attached hydrogens (tertiary/aromatic N) is 1. The fourth-order valence-electron chi connectivity index (χ4n) is 0.917. The van der Waals surface area contributed by atoms with E-state index in [0.717, 1.165) is 15.1 Å². The van der Waals surface area contributed by atoms with Crippen molar-refractivity contribution in [2.45, 2.75) is 11.9 Å². The zero-order valence-corrected chi connectivity index (χ0v) is 11.9. The number of pyridine rings is 1. The van der Waals surface area contributed by atoms with Crippen LogP contribution in [0.2, 0.25) is 0 Å². The van der Waals surface area contributed by atoms with E-state index in [-0.39, 0.29) is 5.75 Å². The summed E-state index contributed by atoms with van der Waals surface area (Å²) >= 11 is 4.69. The molecule has 0 fully saturated rings. The second-order valence-corrected chi connectivity index (χ2v) is 7.76. The summed E-state index contributed by atoms with van der Waals surface area (Å²) in [7, 11) is 1.69. The highest BCUT2D eigenvalue weighted by molar-refractivity contribution is 9.10. The van der Waals surface area contributed by atoms with Gasteiger partial charge in [0.1, 0.15) is 0 Å². The molecule has 0 unspecified atom stereocenters. The van der Waals surface area contributed by atoms with Gasteiger partial charge in [0.05, 0.1) is 10.8 Å². The van der Waals surface area contributed by atoms with Gasteiger partial charge in [0.15, 0.2) is 0 Å². The summed E-state index contributed by atoms with van der Waals surface area (Å²) in [6, 6.07) is 1.94. The Bertz CT molecular complexity index is 450. The van der Waals surface area contributed by atoms with Crippen molar-refractivity contribution in [1.29, 1.82) is 0 Å². The minimum absolute atomic E-state index is 0.0452. The van der Waals surface area contributed by atoms with E-state index in [1.54, 1.807) is 6.20 Å². The summed E-state index contributed by atoms with van der Waals surface area (Å²) in [6.45, 7) is 1.93. The topological polar surface area (TPSA) is 47.0 Å². The van der Waals surface area contributed by atoms with Crippen molar-refractivity contribution in [2.24, 2.45) is 0 Å². The Morgan fingerprint density at radius 1 is 1.60 bits per heavy atom. The van der Waals surface area contributed by atoms with Crippen LogP contribution in [0.3, 0.4) is 0 Å². The number of hydrogen-bond acceptors (Lipinski definition) is 4. The molecule has 0 bridgehead atoms. The molecule has 3 nitrogen and oxygen atoms in total. The van der Waals surface area contributed by atoms with Crippen LogP contribution in [0.5, 0.6) is 0 Å². The maximum absolute atomic E-state index is 10.7. The molecule has 15 heavy (non-hydrogen) atoms. The summed E-state index contributed by atoms with van der Waals surface area (Å²) in [5.41, 5.74) is 1.02. The molecule has 0 atom stereocenters. The number of halogens is 2. The van der Waals surface area contributed by atoms with Crippen molar-refractivity contribution in [3.05, 3.63) is 22.3 Å². The number of aryl methyl sites for hydroxylation is 1. The Morgan fingerprint density at radius 2 is 2.27 bits per heavy atom. The van der Waals surface area contributed by atoms with Crippen molar-refractivity contribution in [3.63, 3.8) is 0 Å². The predicted molar refractivity (Wildman–Crippen MR) is 67.0 cm³/mol. The fourth-order valence-corrected chi connectivity index (χ4v) is 3.67. The highest BCUT2D eigenvalue weighted by atomic mass is 79.9. The average Bonchev–Trinajstić information content (AvgIpc) is 2.07. The predicted octanol–water partition coefficient (Wildman–Crippen LogP) is 2.81. The van der Waals surface area contributed by atoms with Crippen LogP contribution in [-0.2, 0) is 9.05 Å². The van der Waals surface area contributed by atoms with Gasteiger partial charge in [-0.3, -0.25) is 0 Å². The molecule has 0 N–H and O–H groups in total. The number of thioether (sulfide) groups is 1. The Morgan fingerprint density at radius 3 is 2.80 bits per heavy atom. The molecule has 1 aromatic heterocycles. The summed E-state index contributed by atoms with van der Waals surface area (Å²) in [5.74, 6) is 0.373. The largest absolute Gasteiger partial charge is 0.248 e. The van der Waals surface area contributed by atoms with Crippen LogP contribution >= 0.6 is 38.4 Å². The molecule has 1 aromatic rings. The maximum atomic E-state index is 10.7. The molecule has 0 aromatic carbocycles. The quantitative estimate of drug-likeness (QED) is 0.629. The Hall–Kier alpha value is 0.220. The van der Waals surface area contributed by atoms with E-state index in [0.29, 0.717) is 5.75 Å². The van der Waals surface area contributed by atoms with E-state index in [9.17, 15) is 8.42 Å². The van der Waals surface area contributed by atoms with Gasteiger partial charge in [-0.15, -0.1) is 11.8 Å². The lowest BCUT2D eigenvalue weighted by molar-refractivity contribution is 0.611. The molecular weight excluding hydrogens is 322 g/mol. The van der Waals surface area contributed by atoms with Crippen molar-refractivity contribution in [2.75, 3.05) is 11.5 Å². The molecule has 0 saturated heterocycles.